The van der Waals surface area contributed by atoms with Crippen molar-refractivity contribution in [3.63, 3.8) is 0 Å². The highest BCUT2D eigenvalue weighted by atomic mass is 32.1. The van der Waals surface area contributed by atoms with Gasteiger partial charge in [-0.1, -0.05) is 0 Å². The molecule has 1 N–H and O–H groups in total. The number of thiol groups is 1. The van der Waals surface area contributed by atoms with E-state index in [1.165, 1.54) is 18.3 Å². The number of alkyl halides is 2. The van der Waals surface area contributed by atoms with Crippen LogP contribution < -0.4 is 4.74 Å². The van der Waals surface area contributed by atoms with E-state index in [2.05, 4.69) is 32.3 Å². The Balaban J connectivity index is 2.03. The maximum absolute atomic E-state index is 13.3. The monoisotopic (exact) mass is 353 g/mol. The maximum atomic E-state index is 13.3. The summed E-state index contributed by atoms with van der Waals surface area (Å²) in [5.41, 5.74) is 2.52. The molecule has 0 aliphatic carbocycles. The third-order valence-electron chi connectivity index (χ3n) is 3.67. The SMILES string of the molecule is Cc1cnc(C(S)c2nc3ccc(F)cc3[nH]2)c(C)c1OC(F)F. The Labute approximate surface area is 141 Å². The molecule has 4 nitrogen and oxygen atoms in total. The van der Waals surface area contributed by atoms with Crippen molar-refractivity contribution < 1.29 is 17.9 Å². The lowest BCUT2D eigenvalue weighted by Gasteiger charge is -2.16. The zero-order valence-electron chi connectivity index (χ0n) is 12.8. The molecule has 0 bridgehead atoms. The average Bonchev–Trinajstić information content (AvgIpc) is 2.93. The van der Waals surface area contributed by atoms with Gasteiger partial charge in [0.15, 0.2) is 0 Å². The number of ether oxygens (including phenoxy) is 1. The van der Waals surface area contributed by atoms with E-state index in [-0.39, 0.29) is 11.6 Å². The van der Waals surface area contributed by atoms with Gasteiger partial charge in [-0.25, -0.2) is 9.37 Å². The van der Waals surface area contributed by atoms with Crippen LogP contribution >= 0.6 is 12.6 Å². The number of halogens is 3. The van der Waals surface area contributed by atoms with Gasteiger partial charge in [0.1, 0.15) is 22.6 Å². The van der Waals surface area contributed by atoms with E-state index in [4.69, 9.17) is 0 Å². The zero-order valence-corrected chi connectivity index (χ0v) is 13.7. The van der Waals surface area contributed by atoms with E-state index in [9.17, 15) is 13.2 Å². The van der Waals surface area contributed by atoms with Gasteiger partial charge in [0.25, 0.3) is 0 Å². The number of benzene rings is 1. The third-order valence-corrected chi connectivity index (χ3v) is 4.16. The molecular weight excluding hydrogens is 339 g/mol. The molecule has 1 aromatic carbocycles. The molecule has 0 saturated heterocycles. The molecule has 3 aromatic rings. The minimum Gasteiger partial charge on any atom is -0.434 e. The normalized spacial score (nSPS) is 12.8. The fourth-order valence-corrected chi connectivity index (χ4v) is 2.92. The molecule has 3 rings (SSSR count). The van der Waals surface area contributed by atoms with Gasteiger partial charge in [-0.05, 0) is 32.0 Å². The van der Waals surface area contributed by atoms with Crippen molar-refractivity contribution in [1.82, 2.24) is 15.0 Å². The predicted molar refractivity (Wildman–Crippen MR) is 87.2 cm³/mol. The van der Waals surface area contributed by atoms with Crippen molar-refractivity contribution in [2.45, 2.75) is 25.7 Å². The molecule has 2 aromatic heterocycles. The van der Waals surface area contributed by atoms with Gasteiger partial charge in [-0.3, -0.25) is 4.98 Å². The number of H-pyrrole nitrogens is 1. The highest BCUT2D eigenvalue weighted by Crippen LogP contribution is 2.34. The largest absolute Gasteiger partial charge is 0.434 e. The Morgan fingerprint density at radius 3 is 2.71 bits per heavy atom. The summed E-state index contributed by atoms with van der Waals surface area (Å²) in [7, 11) is 0. The van der Waals surface area contributed by atoms with Crippen molar-refractivity contribution in [3.8, 4) is 5.75 Å². The van der Waals surface area contributed by atoms with Gasteiger partial charge in [-0.15, -0.1) is 0 Å². The predicted octanol–water partition coefficient (Wildman–Crippen LogP) is 4.33. The summed E-state index contributed by atoms with van der Waals surface area (Å²) in [6.07, 6.45) is 1.45. The van der Waals surface area contributed by atoms with Crippen LogP contribution in [0.2, 0.25) is 0 Å². The molecule has 0 saturated carbocycles. The van der Waals surface area contributed by atoms with Crippen molar-refractivity contribution in [1.29, 1.82) is 0 Å². The van der Waals surface area contributed by atoms with E-state index >= 15 is 0 Å². The highest BCUT2D eigenvalue weighted by molar-refractivity contribution is 7.80. The van der Waals surface area contributed by atoms with Crippen LogP contribution in [0.1, 0.15) is 27.9 Å². The van der Waals surface area contributed by atoms with Crippen molar-refractivity contribution >= 4 is 23.7 Å². The molecule has 0 radical (unpaired) electrons. The number of fused-ring (bicyclic) bond motifs is 1. The molecule has 1 unspecified atom stereocenters. The Bertz CT molecular complexity index is 898. The summed E-state index contributed by atoms with van der Waals surface area (Å²) in [5, 5.41) is -0.596. The van der Waals surface area contributed by atoms with Crippen LogP contribution in [-0.2, 0) is 0 Å². The minimum absolute atomic E-state index is 0.0798. The minimum atomic E-state index is -2.93. The summed E-state index contributed by atoms with van der Waals surface area (Å²) in [6, 6.07) is 4.18. The number of nitrogens with one attached hydrogen (secondary N) is 1. The van der Waals surface area contributed by atoms with E-state index in [0.29, 0.717) is 33.7 Å². The Kier molecular flexibility index (Phi) is 4.40. The molecule has 8 heteroatoms. The molecule has 0 aliphatic heterocycles. The molecule has 1 atom stereocenters. The van der Waals surface area contributed by atoms with Crippen molar-refractivity contribution in [2.24, 2.45) is 0 Å². The fraction of sp³-hybridized carbons (Fsp3) is 0.250. The number of hydrogen-bond donors (Lipinski definition) is 2. The lowest BCUT2D eigenvalue weighted by molar-refractivity contribution is -0.0508. The summed E-state index contributed by atoms with van der Waals surface area (Å²) >= 11 is 4.49. The number of hydrogen-bond acceptors (Lipinski definition) is 4. The van der Waals surface area contributed by atoms with Crippen LogP contribution in [0.15, 0.2) is 24.4 Å². The van der Waals surface area contributed by atoms with Gasteiger partial charge >= 0.3 is 6.61 Å². The second kappa shape index (κ2) is 6.35. The zero-order chi connectivity index (χ0) is 17.4. The molecule has 126 valence electrons. The van der Waals surface area contributed by atoms with E-state index in [1.54, 1.807) is 19.9 Å². The van der Waals surface area contributed by atoms with Crippen LogP contribution in [0.25, 0.3) is 11.0 Å². The Morgan fingerprint density at radius 2 is 2.00 bits per heavy atom. The first kappa shape index (κ1) is 16.6. The molecule has 0 spiro atoms. The lowest BCUT2D eigenvalue weighted by Crippen LogP contribution is -2.09. The molecule has 2 heterocycles. The second-order valence-corrected chi connectivity index (χ2v) is 5.86. The summed E-state index contributed by atoms with van der Waals surface area (Å²) in [5.74, 6) is 0.142. The number of pyridine rings is 1. The van der Waals surface area contributed by atoms with Gasteiger partial charge < -0.3 is 9.72 Å². The van der Waals surface area contributed by atoms with E-state index in [1.807, 2.05) is 0 Å². The third kappa shape index (κ3) is 3.06. The number of imidazole rings is 1. The van der Waals surface area contributed by atoms with Crippen molar-refractivity contribution in [3.05, 3.63) is 52.9 Å². The van der Waals surface area contributed by atoms with Gasteiger partial charge in [0.2, 0.25) is 0 Å². The van der Waals surface area contributed by atoms with Crippen LogP contribution in [0.4, 0.5) is 13.2 Å². The van der Waals surface area contributed by atoms with E-state index in [0.717, 1.165) is 0 Å². The number of aromatic amines is 1. The smallest absolute Gasteiger partial charge is 0.387 e. The molecule has 0 amide bonds. The first-order chi connectivity index (χ1) is 11.4. The van der Waals surface area contributed by atoms with Gasteiger partial charge in [0.05, 0.1) is 16.7 Å². The highest BCUT2D eigenvalue weighted by Gasteiger charge is 2.22. The standard InChI is InChI=1S/C16H14F3N3OS/c1-7-6-20-12(8(2)13(7)23-16(18)19)14(24)15-21-10-4-3-9(17)5-11(10)22-15/h3-6,14,16,24H,1-2H3,(H,21,22). The van der Waals surface area contributed by atoms with Crippen molar-refractivity contribution in [2.75, 3.05) is 0 Å². The Hall–Kier alpha value is -2.22. The molecule has 0 aliphatic rings. The number of aromatic nitrogens is 3. The molecule has 0 fully saturated rings. The number of aryl methyl sites for hydroxylation is 1. The van der Waals surface area contributed by atoms with Crippen LogP contribution in [-0.4, -0.2) is 21.6 Å². The van der Waals surface area contributed by atoms with Crippen LogP contribution in [0, 0.1) is 19.7 Å². The number of rotatable bonds is 4. The summed E-state index contributed by atoms with van der Waals surface area (Å²) < 4.78 is 43.1. The average molecular weight is 353 g/mol. The fourth-order valence-electron chi connectivity index (χ4n) is 2.54. The first-order valence-electron chi connectivity index (χ1n) is 7.11. The quantitative estimate of drug-likeness (QED) is 0.686. The summed E-state index contributed by atoms with van der Waals surface area (Å²) in [4.78, 5) is 11.6. The maximum Gasteiger partial charge on any atom is 0.387 e. The van der Waals surface area contributed by atoms with E-state index < -0.39 is 11.9 Å². The first-order valence-corrected chi connectivity index (χ1v) is 7.62. The molecular formula is C16H14F3N3OS. The van der Waals surface area contributed by atoms with Gasteiger partial charge in [0, 0.05) is 17.3 Å². The van der Waals surface area contributed by atoms with Crippen LogP contribution in [0.5, 0.6) is 5.75 Å². The summed E-state index contributed by atoms with van der Waals surface area (Å²) in [6.45, 7) is 0.350. The number of nitrogens with zero attached hydrogens (tertiary/aromatic N) is 2. The van der Waals surface area contributed by atoms with Crippen LogP contribution in [0.3, 0.4) is 0 Å². The van der Waals surface area contributed by atoms with Gasteiger partial charge in [-0.2, -0.15) is 21.4 Å². The topological polar surface area (TPSA) is 50.8 Å². The lowest BCUT2D eigenvalue weighted by atomic mass is 10.1. The molecule has 24 heavy (non-hydrogen) atoms. The Morgan fingerprint density at radius 1 is 1.25 bits per heavy atom. The second-order valence-electron chi connectivity index (χ2n) is 5.35.